The van der Waals surface area contributed by atoms with Gasteiger partial charge in [-0.2, -0.15) is 0 Å². The van der Waals surface area contributed by atoms with Crippen LogP contribution in [0.3, 0.4) is 0 Å². The molecule has 1 saturated heterocycles. The second kappa shape index (κ2) is 8.77. The fraction of sp³-hybridized carbons (Fsp3) is 0.462. The van der Waals surface area contributed by atoms with E-state index in [1.54, 1.807) is 19.2 Å². The van der Waals surface area contributed by atoms with Gasteiger partial charge in [0.05, 0.1) is 31.1 Å². The highest BCUT2D eigenvalue weighted by Gasteiger charge is 2.40. The minimum Gasteiger partial charge on any atom is -0.487 e. The number of carbonyl (C=O) groups is 2. The van der Waals surface area contributed by atoms with Crippen LogP contribution in [0.15, 0.2) is 24.4 Å². The highest BCUT2D eigenvalue weighted by Crippen LogP contribution is 2.42. The van der Waals surface area contributed by atoms with Gasteiger partial charge in [0, 0.05) is 30.8 Å². The number of ether oxygens (including phenoxy) is 3. The van der Waals surface area contributed by atoms with Crippen LogP contribution < -0.4 is 10.5 Å². The summed E-state index contributed by atoms with van der Waals surface area (Å²) in [5.74, 6) is 0.625. The molecule has 6 rings (SSSR count). The van der Waals surface area contributed by atoms with Crippen LogP contribution in [0.5, 0.6) is 5.75 Å². The zero-order valence-electron chi connectivity index (χ0n) is 20.4. The lowest BCUT2D eigenvalue weighted by atomic mass is 10.0. The van der Waals surface area contributed by atoms with E-state index in [0.717, 1.165) is 30.4 Å². The summed E-state index contributed by atoms with van der Waals surface area (Å²) in [6.07, 6.45) is 4.71. The Hall–Kier alpha value is -3.66. The van der Waals surface area contributed by atoms with E-state index in [9.17, 15) is 9.59 Å². The third-order valence-corrected chi connectivity index (χ3v) is 7.26. The molecule has 10 nitrogen and oxygen atoms in total. The normalized spacial score (nSPS) is 20.1. The van der Waals surface area contributed by atoms with Gasteiger partial charge >= 0.3 is 5.97 Å². The van der Waals surface area contributed by atoms with Gasteiger partial charge in [0.15, 0.2) is 11.5 Å². The molecular weight excluding hydrogens is 462 g/mol. The van der Waals surface area contributed by atoms with E-state index < -0.39 is 5.97 Å². The maximum atomic E-state index is 13.5. The number of benzene rings is 1. The van der Waals surface area contributed by atoms with Crippen molar-refractivity contribution >= 4 is 23.3 Å². The van der Waals surface area contributed by atoms with Crippen molar-refractivity contribution in [2.24, 2.45) is 5.92 Å². The number of hydrogen-bond acceptors (Lipinski definition) is 8. The molecule has 2 aromatic heterocycles. The van der Waals surface area contributed by atoms with Gasteiger partial charge in [0.1, 0.15) is 17.4 Å². The summed E-state index contributed by atoms with van der Waals surface area (Å²) in [4.78, 5) is 32.7. The molecule has 2 N–H and O–H groups in total. The number of aromatic nitrogens is 3. The zero-order valence-corrected chi connectivity index (χ0v) is 20.4. The highest BCUT2D eigenvalue weighted by molar-refractivity contribution is 6.02. The van der Waals surface area contributed by atoms with Crippen LogP contribution in [-0.4, -0.2) is 63.3 Å². The third-order valence-electron chi connectivity index (χ3n) is 7.26. The van der Waals surface area contributed by atoms with Crippen molar-refractivity contribution < 1.29 is 23.8 Å². The predicted octanol–water partition coefficient (Wildman–Crippen LogP) is 3.08. The lowest BCUT2D eigenvalue weighted by Crippen LogP contribution is -2.34. The molecule has 0 spiro atoms. The van der Waals surface area contributed by atoms with Crippen molar-refractivity contribution in [2.75, 3.05) is 25.6 Å². The van der Waals surface area contributed by atoms with E-state index in [-0.39, 0.29) is 36.0 Å². The first-order chi connectivity index (χ1) is 17.4. The lowest BCUT2D eigenvalue weighted by molar-refractivity contribution is 0.0529. The lowest BCUT2D eigenvalue weighted by Gasteiger charge is -2.24. The van der Waals surface area contributed by atoms with Crippen LogP contribution in [-0.2, 0) is 16.0 Å². The molecule has 0 unspecified atom stereocenters. The summed E-state index contributed by atoms with van der Waals surface area (Å²) >= 11 is 0. The maximum Gasteiger partial charge on any atom is 0.345 e. The Bertz CT molecular complexity index is 1360. The number of anilines is 1. The van der Waals surface area contributed by atoms with Crippen molar-refractivity contribution in [2.45, 2.75) is 51.8 Å². The molecule has 3 aromatic rings. The molecule has 2 atom stereocenters. The minimum absolute atomic E-state index is 0.0152. The quantitative estimate of drug-likeness (QED) is 0.501. The second-order valence-corrected chi connectivity index (χ2v) is 9.68. The minimum atomic E-state index is -0.566. The van der Waals surface area contributed by atoms with Gasteiger partial charge in [-0.1, -0.05) is 0 Å². The average molecular weight is 492 g/mol. The molecule has 2 fully saturated rings. The fourth-order valence-electron chi connectivity index (χ4n) is 5.13. The monoisotopic (exact) mass is 491 g/mol. The third kappa shape index (κ3) is 3.85. The zero-order chi connectivity index (χ0) is 25.0. The molecule has 1 amide bonds. The largest absolute Gasteiger partial charge is 0.487 e. The number of fused-ring (bicyclic) bond motifs is 2. The number of amides is 1. The van der Waals surface area contributed by atoms with Crippen LogP contribution in [0, 0.1) is 5.92 Å². The topological polar surface area (TPSA) is 121 Å². The van der Waals surface area contributed by atoms with Crippen molar-refractivity contribution in [3.63, 3.8) is 0 Å². The molecule has 0 bridgehead atoms. The number of nitrogen functional groups attached to an aromatic ring is 1. The molecule has 3 aliphatic rings. The van der Waals surface area contributed by atoms with E-state index in [2.05, 4.69) is 12.0 Å². The van der Waals surface area contributed by atoms with Crippen LogP contribution in [0.25, 0.3) is 16.9 Å². The Morgan fingerprint density at radius 1 is 1.31 bits per heavy atom. The molecule has 188 valence electrons. The number of rotatable bonds is 7. The van der Waals surface area contributed by atoms with Gasteiger partial charge in [-0.15, -0.1) is 5.10 Å². The molecule has 2 aliphatic heterocycles. The maximum absolute atomic E-state index is 13.5. The number of hydrogen-bond donors (Lipinski definition) is 1. The van der Waals surface area contributed by atoms with Crippen molar-refractivity contribution in [1.82, 2.24) is 19.5 Å². The second-order valence-electron chi connectivity index (χ2n) is 9.68. The first kappa shape index (κ1) is 22.8. The molecule has 1 aliphatic carbocycles. The van der Waals surface area contributed by atoms with Gasteiger partial charge in [-0.25, -0.2) is 14.3 Å². The SMILES string of the molecule is CCOC(=O)c1c(N)nn2ccc(-c3cc4c(c(O[C@@H]5CCOC5)c3)C(=O)N([C@@H](C)C3CC3)C4)nc12. The van der Waals surface area contributed by atoms with Gasteiger partial charge in [-0.3, -0.25) is 4.79 Å². The molecule has 1 saturated carbocycles. The van der Waals surface area contributed by atoms with E-state index in [1.165, 1.54) is 4.52 Å². The molecule has 1 aromatic carbocycles. The van der Waals surface area contributed by atoms with Crippen molar-refractivity contribution in [3.05, 3.63) is 41.1 Å². The van der Waals surface area contributed by atoms with E-state index in [0.29, 0.717) is 48.3 Å². The number of esters is 1. The molecular formula is C26H29N5O5. The Morgan fingerprint density at radius 3 is 2.86 bits per heavy atom. The fourth-order valence-corrected chi connectivity index (χ4v) is 5.13. The summed E-state index contributed by atoms with van der Waals surface area (Å²) in [5.41, 5.74) is 9.40. The van der Waals surface area contributed by atoms with Crippen LogP contribution in [0.2, 0.25) is 0 Å². The molecule has 0 radical (unpaired) electrons. The van der Waals surface area contributed by atoms with Crippen molar-refractivity contribution in [3.8, 4) is 17.0 Å². The first-order valence-electron chi connectivity index (χ1n) is 12.5. The highest BCUT2D eigenvalue weighted by atomic mass is 16.5. The van der Waals surface area contributed by atoms with E-state index in [1.807, 2.05) is 17.0 Å². The number of nitrogens with two attached hydrogens (primary N) is 1. The number of carbonyl (C=O) groups excluding carboxylic acids is 2. The predicted molar refractivity (Wildman–Crippen MR) is 131 cm³/mol. The van der Waals surface area contributed by atoms with Crippen molar-refractivity contribution in [1.29, 1.82) is 0 Å². The summed E-state index contributed by atoms with van der Waals surface area (Å²) in [6.45, 7) is 5.75. The smallest absolute Gasteiger partial charge is 0.345 e. The summed E-state index contributed by atoms with van der Waals surface area (Å²) in [6, 6.07) is 5.85. The Morgan fingerprint density at radius 2 is 2.14 bits per heavy atom. The average Bonchev–Trinajstić information content (AvgIpc) is 3.33. The Balaban J connectivity index is 1.43. The van der Waals surface area contributed by atoms with Gasteiger partial charge < -0.3 is 24.8 Å². The van der Waals surface area contributed by atoms with E-state index in [4.69, 9.17) is 24.9 Å². The van der Waals surface area contributed by atoms with Gasteiger partial charge in [-0.05, 0) is 56.4 Å². The van der Waals surface area contributed by atoms with Gasteiger partial charge in [0.25, 0.3) is 5.91 Å². The van der Waals surface area contributed by atoms with E-state index >= 15 is 0 Å². The Kier molecular flexibility index (Phi) is 5.55. The van der Waals surface area contributed by atoms with Crippen LogP contribution in [0.4, 0.5) is 5.82 Å². The first-order valence-corrected chi connectivity index (χ1v) is 12.5. The van der Waals surface area contributed by atoms with Gasteiger partial charge in [0.2, 0.25) is 0 Å². The molecule has 4 heterocycles. The standard InChI is InChI=1S/C26H29N5O5/c1-3-35-26(33)22-23(27)29-31-8-6-19(28-24(22)31)16-10-17-12-30(14(2)15-4-5-15)25(32)21(17)20(11-16)36-18-7-9-34-13-18/h6,8,10-11,14-15,18H,3-5,7,9,12-13H2,1-2H3,(H2,27,29)/t14-,18+/m0/s1. The van der Waals surface area contributed by atoms with Crippen LogP contribution >= 0.6 is 0 Å². The molecule has 36 heavy (non-hydrogen) atoms. The summed E-state index contributed by atoms with van der Waals surface area (Å²) in [5, 5.41) is 4.20. The van der Waals surface area contributed by atoms with Crippen LogP contribution in [0.1, 0.15) is 59.4 Å². The Labute approximate surface area is 208 Å². The number of nitrogens with zero attached hydrogens (tertiary/aromatic N) is 4. The molecule has 10 heteroatoms. The summed E-state index contributed by atoms with van der Waals surface area (Å²) in [7, 11) is 0. The summed E-state index contributed by atoms with van der Waals surface area (Å²) < 4.78 is 18.5.